The van der Waals surface area contributed by atoms with Crippen molar-refractivity contribution in [1.29, 1.82) is 0 Å². The zero-order valence-corrected chi connectivity index (χ0v) is 17.1. The number of pyridine rings is 1. The third-order valence-corrected chi connectivity index (χ3v) is 5.58. The molecular weight excluding hydrogens is 403 g/mol. The van der Waals surface area contributed by atoms with Crippen molar-refractivity contribution >= 4 is 21.8 Å². The minimum Gasteiger partial charge on any atom is -0.353 e. The minimum absolute atomic E-state index is 0.240. The highest BCUT2D eigenvalue weighted by Crippen LogP contribution is 2.35. The van der Waals surface area contributed by atoms with E-state index in [9.17, 15) is 4.39 Å². The summed E-state index contributed by atoms with van der Waals surface area (Å²) in [6, 6.07) is 15.1. The van der Waals surface area contributed by atoms with Gasteiger partial charge in [-0.2, -0.15) is 5.10 Å². The Labute approximate surface area is 182 Å². The first kappa shape index (κ1) is 18.4. The molecule has 0 aliphatic heterocycles. The van der Waals surface area contributed by atoms with E-state index in [4.69, 9.17) is 0 Å². The van der Waals surface area contributed by atoms with Crippen molar-refractivity contribution in [3.8, 4) is 33.8 Å². The van der Waals surface area contributed by atoms with Gasteiger partial charge in [0.2, 0.25) is 0 Å². The molecule has 154 valence electrons. The maximum absolute atomic E-state index is 14.1. The molecule has 0 saturated carbocycles. The summed E-state index contributed by atoms with van der Waals surface area (Å²) in [6.45, 7) is 1.90. The minimum atomic E-state index is -0.240. The lowest BCUT2D eigenvalue weighted by Gasteiger charge is -2.05. The van der Waals surface area contributed by atoms with E-state index < -0.39 is 0 Å². The number of hydrogen-bond donors (Lipinski definition) is 2. The molecule has 2 N–H and O–H groups in total. The molecule has 7 heteroatoms. The van der Waals surface area contributed by atoms with Crippen LogP contribution in [0.25, 0.3) is 55.6 Å². The summed E-state index contributed by atoms with van der Waals surface area (Å²) >= 11 is 0. The van der Waals surface area contributed by atoms with Gasteiger partial charge in [-0.3, -0.25) is 10.1 Å². The van der Waals surface area contributed by atoms with Crippen molar-refractivity contribution in [2.24, 2.45) is 0 Å². The first-order valence-corrected chi connectivity index (χ1v) is 10.1. The van der Waals surface area contributed by atoms with Crippen LogP contribution in [0.1, 0.15) is 5.56 Å². The summed E-state index contributed by atoms with van der Waals surface area (Å²) in [5.41, 5.74) is 7.76. The molecule has 0 radical (unpaired) electrons. The Morgan fingerprint density at radius 2 is 1.72 bits per heavy atom. The molecule has 6 nitrogen and oxygen atoms in total. The Morgan fingerprint density at radius 1 is 0.844 bits per heavy atom. The molecule has 0 saturated heterocycles. The number of aromatic nitrogens is 6. The quantitative estimate of drug-likeness (QED) is 0.386. The van der Waals surface area contributed by atoms with E-state index >= 15 is 0 Å². The van der Waals surface area contributed by atoms with Gasteiger partial charge in [-0.15, -0.1) is 0 Å². The average molecular weight is 420 g/mol. The first-order chi connectivity index (χ1) is 15.7. The maximum Gasteiger partial charge on any atom is 0.124 e. The molecule has 2 aromatic carbocycles. The second-order valence-electron chi connectivity index (χ2n) is 7.78. The van der Waals surface area contributed by atoms with Crippen LogP contribution in [0.15, 0.2) is 73.4 Å². The van der Waals surface area contributed by atoms with Crippen LogP contribution in [0, 0.1) is 12.7 Å². The molecule has 4 heterocycles. The molecule has 0 aliphatic carbocycles. The summed E-state index contributed by atoms with van der Waals surface area (Å²) in [5.74, 6) is -0.240. The normalized spacial score (nSPS) is 11.4. The Bertz CT molecular complexity index is 1580. The van der Waals surface area contributed by atoms with Crippen molar-refractivity contribution in [2.45, 2.75) is 6.92 Å². The Kier molecular flexibility index (Phi) is 4.07. The number of fused-ring (bicyclic) bond motifs is 2. The van der Waals surface area contributed by atoms with Crippen molar-refractivity contribution in [3.63, 3.8) is 0 Å². The molecule has 0 spiro atoms. The number of nitrogens with zero attached hydrogens (tertiary/aromatic N) is 4. The summed E-state index contributed by atoms with van der Waals surface area (Å²) < 4.78 is 14.1. The van der Waals surface area contributed by atoms with E-state index in [1.54, 1.807) is 24.7 Å². The highest BCUT2D eigenvalue weighted by atomic mass is 19.1. The van der Waals surface area contributed by atoms with Gasteiger partial charge in [0.25, 0.3) is 0 Å². The predicted molar refractivity (Wildman–Crippen MR) is 122 cm³/mol. The van der Waals surface area contributed by atoms with Gasteiger partial charge >= 0.3 is 0 Å². The monoisotopic (exact) mass is 420 g/mol. The fraction of sp³-hybridized carbons (Fsp3) is 0.0400. The lowest BCUT2D eigenvalue weighted by atomic mass is 9.99. The fourth-order valence-electron chi connectivity index (χ4n) is 4.14. The van der Waals surface area contributed by atoms with Crippen LogP contribution in [-0.4, -0.2) is 30.1 Å². The topological polar surface area (TPSA) is 83.1 Å². The molecule has 0 fully saturated rings. The zero-order chi connectivity index (χ0) is 21.7. The number of aromatic amines is 2. The smallest absolute Gasteiger partial charge is 0.124 e. The lowest BCUT2D eigenvalue weighted by Crippen LogP contribution is -1.86. The number of hydrogen-bond acceptors (Lipinski definition) is 4. The van der Waals surface area contributed by atoms with Crippen molar-refractivity contribution < 1.29 is 4.39 Å². The van der Waals surface area contributed by atoms with E-state index in [0.717, 1.165) is 61.1 Å². The Balaban J connectivity index is 1.52. The Hall–Kier alpha value is -4.39. The third-order valence-electron chi connectivity index (χ3n) is 5.58. The lowest BCUT2D eigenvalue weighted by molar-refractivity contribution is 0.627. The average Bonchev–Trinajstić information content (AvgIpc) is 3.42. The molecule has 32 heavy (non-hydrogen) atoms. The van der Waals surface area contributed by atoms with Crippen molar-refractivity contribution in [2.75, 3.05) is 0 Å². The number of aryl methyl sites for hydroxylation is 1. The molecule has 6 rings (SSSR count). The maximum atomic E-state index is 14.1. The molecular formula is C25H17FN6. The second-order valence-corrected chi connectivity index (χ2v) is 7.78. The fourth-order valence-corrected chi connectivity index (χ4v) is 4.14. The molecule has 0 aliphatic rings. The summed E-state index contributed by atoms with van der Waals surface area (Å²) in [5, 5.41) is 9.54. The standard InChI is InChI=1S/C25H17FN6/c1-14-5-15(7-17(26)6-14)18-3-2-4-21-19(18)8-23(30-21)25-20-9-22(16-10-27-13-28-11-16)29-12-24(20)31-32-25/h2-13,30H,1H3,(H,31,32). The largest absolute Gasteiger partial charge is 0.353 e. The zero-order valence-electron chi connectivity index (χ0n) is 17.1. The summed E-state index contributed by atoms with van der Waals surface area (Å²) in [6.07, 6.45) is 6.72. The Morgan fingerprint density at radius 3 is 2.56 bits per heavy atom. The van der Waals surface area contributed by atoms with Gasteiger partial charge in [0.15, 0.2) is 0 Å². The van der Waals surface area contributed by atoms with Crippen LogP contribution in [0.4, 0.5) is 4.39 Å². The predicted octanol–water partition coefficient (Wildman–Crippen LogP) is 5.68. The van der Waals surface area contributed by atoms with Crippen molar-refractivity contribution in [3.05, 3.63) is 84.8 Å². The van der Waals surface area contributed by atoms with E-state index in [-0.39, 0.29) is 5.82 Å². The molecule has 4 aromatic heterocycles. The second kappa shape index (κ2) is 7.09. The number of halogens is 1. The van der Waals surface area contributed by atoms with Gasteiger partial charge in [0.1, 0.15) is 17.8 Å². The number of rotatable bonds is 3. The summed E-state index contributed by atoms with van der Waals surface area (Å²) in [7, 11) is 0. The third kappa shape index (κ3) is 3.02. The van der Waals surface area contributed by atoms with E-state index in [1.807, 2.05) is 37.3 Å². The number of benzene rings is 2. The highest BCUT2D eigenvalue weighted by Gasteiger charge is 2.15. The number of H-pyrrole nitrogens is 2. The van der Waals surface area contributed by atoms with E-state index in [1.165, 1.54) is 12.4 Å². The van der Waals surface area contributed by atoms with Crippen LogP contribution in [-0.2, 0) is 0 Å². The van der Waals surface area contributed by atoms with Crippen LogP contribution in [0.2, 0.25) is 0 Å². The van der Waals surface area contributed by atoms with Crippen LogP contribution in [0.3, 0.4) is 0 Å². The van der Waals surface area contributed by atoms with Gasteiger partial charge in [-0.25, -0.2) is 14.4 Å². The molecule has 0 unspecified atom stereocenters. The SMILES string of the molecule is Cc1cc(F)cc(-c2cccc3[nH]c(-c4n[nH]c5cnc(-c6cncnc6)cc45)cc23)c1. The van der Waals surface area contributed by atoms with Gasteiger partial charge in [0.05, 0.1) is 23.1 Å². The van der Waals surface area contributed by atoms with Crippen LogP contribution in [0.5, 0.6) is 0 Å². The van der Waals surface area contributed by atoms with Gasteiger partial charge in [-0.1, -0.05) is 18.2 Å². The van der Waals surface area contributed by atoms with Gasteiger partial charge in [-0.05, 0) is 53.9 Å². The van der Waals surface area contributed by atoms with Crippen molar-refractivity contribution in [1.82, 2.24) is 30.1 Å². The van der Waals surface area contributed by atoms with Crippen LogP contribution < -0.4 is 0 Å². The molecule has 0 bridgehead atoms. The van der Waals surface area contributed by atoms with E-state index in [2.05, 4.69) is 36.2 Å². The molecule has 6 aromatic rings. The summed E-state index contributed by atoms with van der Waals surface area (Å²) in [4.78, 5) is 16.1. The molecule has 0 atom stereocenters. The van der Waals surface area contributed by atoms with Gasteiger partial charge < -0.3 is 4.98 Å². The van der Waals surface area contributed by atoms with Gasteiger partial charge in [0, 0.05) is 34.2 Å². The van der Waals surface area contributed by atoms with Crippen LogP contribution >= 0.6 is 0 Å². The highest BCUT2D eigenvalue weighted by molar-refractivity contribution is 6.01. The molecule has 0 amide bonds. The van der Waals surface area contributed by atoms with E-state index in [0.29, 0.717) is 0 Å². The first-order valence-electron chi connectivity index (χ1n) is 10.1. The number of nitrogens with one attached hydrogen (secondary N) is 2.